The molecule has 0 aromatic carbocycles. The van der Waals surface area contributed by atoms with Crippen molar-refractivity contribution in [3.8, 4) is 0 Å². The second-order valence-corrected chi connectivity index (χ2v) is 4.56. The highest BCUT2D eigenvalue weighted by Crippen LogP contribution is 2.37. The maximum atomic E-state index is 8.88. The Kier molecular flexibility index (Phi) is 6.29. The molecule has 0 rings (SSSR count). The van der Waals surface area contributed by atoms with Crippen LogP contribution in [0.2, 0.25) is 0 Å². The van der Waals surface area contributed by atoms with E-state index in [-0.39, 0.29) is 5.41 Å². The van der Waals surface area contributed by atoms with Crippen LogP contribution in [0, 0.1) is 11.3 Å². The second kappa shape index (κ2) is 6.64. The summed E-state index contributed by atoms with van der Waals surface area (Å²) in [5.74, 6) is 1.06. The molecular weight excluding hydrogens is 190 g/mol. The van der Waals surface area contributed by atoms with E-state index in [2.05, 4.69) is 25.3 Å². The van der Waals surface area contributed by atoms with Crippen LogP contribution >= 0.6 is 0 Å². The molecule has 0 aromatic rings. The van der Waals surface area contributed by atoms with Crippen molar-refractivity contribution < 1.29 is 10.1 Å². The Morgan fingerprint density at radius 2 is 2.20 bits per heavy atom. The van der Waals surface area contributed by atoms with Gasteiger partial charge >= 0.3 is 0 Å². The number of hydrogen-bond acceptors (Lipinski definition) is 3. The fraction of sp³-hybridized carbons (Fsp3) is 0.667. The smallest absolute Gasteiger partial charge is 0.148 e. The first-order valence-corrected chi connectivity index (χ1v) is 5.35. The Hall–Kier alpha value is -0.800. The third kappa shape index (κ3) is 4.49. The summed E-state index contributed by atoms with van der Waals surface area (Å²) in [6.45, 7) is 10.5. The Morgan fingerprint density at radius 1 is 1.60 bits per heavy atom. The van der Waals surface area contributed by atoms with Crippen molar-refractivity contribution in [2.24, 2.45) is 17.1 Å². The first-order valence-electron chi connectivity index (χ1n) is 5.35. The second-order valence-electron chi connectivity index (χ2n) is 4.56. The third-order valence-corrected chi connectivity index (χ3v) is 2.52. The van der Waals surface area contributed by atoms with Crippen molar-refractivity contribution in [1.29, 1.82) is 0 Å². The lowest BCUT2D eigenvalue weighted by molar-refractivity contribution is -0.220. The van der Waals surface area contributed by atoms with Gasteiger partial charge in [-0.05, 0) is 31.4 Å². The number of hydrogen-bond donors (Lipinski definition) is 2. The minimum Gasteiger partial charge on any atom is -0.344 e. The van der Waals surface area contributed by atoms with Gasteiger partial charge in [-0.15, -0.1) is 0 Å². The van der Waals surface area contributed by atoms with Gasteiger partial charge < -0.3 is 10.6 Å². The van der Waals surface area contributed by atoms with Gasteiger partial charge in [0.2, 0.25) is 0 Å². The SMILES string of the molecule is C=C/C=C(/OO)[C@](C)(CCN)CC(C)C. The molecule has 1 atom stereocenters. The molecule has 0 heterocycles. The van der Waals surface area contributed by atoms with Gasteiger partial charge in [0.15, 0.2) is 0 Å². The van der Waals surface area contributed by atoms with E-state index in [0.717, 1.165) is 12.8 Å². The van der Waals surface area contributed by atoms with Crippen molar-refractivity contribution >= 4 is 0 Å². The molecule has 0 unspecified atom stereocenters. The van der Waals surface area contributed by atoms with Crippen molar-refractivity contribution in [1.82, 2.24) is 0 Å². The van der Waals surface area contributed by atoms with Crippen LogP contribution in [-0.4, -0.2) is 11.8 Å². The van der Waals surface area contributed by atoms with Crippen LogP contribution < -0.4 is 5.73 Å². The molecule has 0 spiro atoms. The largest absolute Gasteiger partial charge is 0.344 e. The average Bonchev–Trinajstić information content (AvgIpc) is 2.12. The molecule has 0 bridgehead atoms. The topological polar surface area (TPSA) is 55.5 Å². The number of nitrogens with two attached hydrogens (primary N) is 1. The molecule has 3 N–H and O–H groups in total. The van der Waals surface area contributed by atoms with Crippen molar-refractivity contribution in [3.05, 3.63) is 24.5 Å². The van der Waals surface area contributed by atoms with Crippen molar-refractivity contribution in [2.45, 2.75) is 33.6 Å². The maximum absolute atomic E-state index is 8.88. The van der Waals surface area contributed by atoms with Crippen molar-refractivity contribution in [2.75, 3.05) is 6.54 Å². The zero-order chi connectivity index (χ0) is 11.9. The zero-order valence-electron chi connectivity index (χ0n) is 9.99. The van der Waals surface area contributed by atoms with E-state index in [1.54, 1.807) is 12.2 Å². The van der Waals surface area contributed by atoms with Crippen LogP contribution in [0.5, 0.6) is 0 Å². The summed E-state index contributed by atoms with van der Waals surface area (Å²) < 4.78 is 0. The van der Waals surface area contributed by atoms with Gasteiger partial charge in [-0.3, -0.25) is 0 Å². The summed E-state index contributed by atoms with van der Waals surface area (Å²) in [6.07, 6.45) is 5.01. The monoisotopic (exact) mass is 213 g/mol. The van der Waals surface area contributed by atoms with Gasteiger partial charge in [-0.25, -0.2) is 5.26 Å². The van der Waals surface area contributed by atoms with Crippen LogP contribution in [0.4, 0.5) is 0 Å². The van der Waals surface area contributed by atoms with E-state index in [4.69, 9.17) is 11.0 Å². The molecule has 3 heteroatoms. The molecular formula is C12H23NO2. The van der Waals surface area contributed by atoms with Crippen LogP contribution in [0.25, 0.3) is 0 Å². The molecule has 0 saturated heterocycles. The van der Waals surface area contributed by atoms with Crippen LogP contribution in [-0.2, 0) is 4.89 Å². The highest BCUT2D eigenvalue weighted by Gasteiger charge is 2.31. The Bertz CT molecular complexity index is 224. The molecule has 0 aliphatic rings. The lowest BCUT2D eigenvalue weighted by Gasteiger charge is -2.31. The van der Waals surface area contributed by atoms with Crippen LogP contribution in [0.3, 0.4) is 0 Å². The zero-order valence-corrected chi connectivity index (χ0v) is 9.99. The van der Waals surface area contributed by atoms with E-state index in [9.17, 15) is 0 Å². The van der Waals surface area contributed by atoms with Gasteiger partial charge in [-0.1, -0.05) is 33.4 Å². The first kappa shape index (κ1) is 14.2. The highest BCUT2D eigenvalue weighted by atomic mass is 17.1. The van der Waals surface area contributed by atoms with Crippen LogP contribution in [0.15, 0.2) is 24.5 Å². The summed E-state index contributed by atoms with van der Waals surface area (Å²) in [4.78, 5) is 4.44. The predicted molar refractivity (Wildman–Crippen MR) is 63.2 cm³/mol. The molecule has 88 valence electrons. The molecule has 0 radical (unpaired) electrons. The molecule has 15 heavy (non-hydrogen) atoms. The van der Waals surface area contributed by atoms with Gasteiger partial charge in [-0.2, -0.15) is 0 Å². The average molecular weight is 213 g/mol. The molecule has 0 saturated carbocycles. The van der Waals surface area contributed by atoms with E-state index < -0.39 is 0 Å². The predicted octanol–water partition coefficient (Wildman–Crippen LogP) is 2.95. The Morgan fingerprint density at radius 3 is 2.53 bits per heavy atom. The highest BCUT2D eigenvalue weighted by molar-refractivity contribution is 5.12. The molecule has 0 aliphatic heterocycles. The van der Waals surface area contributed by atoms with Gasteiger partial charge in [0.1, 0.15) is 5.76 Å². The lowest BCUT2D eigenvalue weighted by Crippen LogP contribution is -2.26. The van der Waals surface area contributed by atoms with Crippen molar-refractivity contribution in [3.63, 3.8) is 0 Å². The number of allylic oxidation sites excluding steroid dienone is 3. The molecule has 0 aliphatic carbocycles. The molecule has 3 nitrogen and oxygen atoms in total. The van der Waals surface area contributed by atoms with Crippen LogP contribution in [0.1, 0.15) is 33.6 Å². The molecule has 0 fully saturated rings. The minimum atomic E-state index is -0.216. The Balaban J connectivity index is 4.88. The molecule has 0 aromatic heterocycles. The summed E-state index contributed by atoms with van der Waals surface area (Å²) in [5.41, 5.74) is 5.37. The maximum Gasteiger partial charge on any atom is 0.148 e. The van der Waals surface area contributed by atoms with Gasteiger partial charge in [0, 0.05) is 5.41 Å². The van der Waals surface area contributed by atoms with E-state index in [1.807, 2.05) is 6.92 Å². The van der Waals surface area contributed by atoms with Gasteiger partial charge in [0.25, 0.3) is 0 Å². The summed E-state index contributed by atoms with van der Waals surface area (Å²) >= 11 is 0. The lowest BCUT2D eigenvalue weighted by atomic mass is 9.77. The number of rotatable bonds is 7. The van der Waals surface area contributed by atoms with E-state index in [1.165, 1.54) is 0 Å². The van der Waals surface area contributed by atoms with E-state index >= 15 is 0 Å². The summed E-state index contributed by atoms with van der Waals surface area (Å²) in [6, 6.07) is 0. The summed E-state index contributed by atoms with van der Waals surface area (Å²) in [5, 5.41) is 8.88. The minimum absolute atomic E-state index is 0.216. The standard InChI is InChI=1S/C12H23NO2/c1-5-6-11(15-14)12(4,7-8-13)9-10(2)3/h5-6,10,14H,1,7-9,13H2,2-4H3/b11-6+/t12-/m1/s1. The summed E-state index contributed by atoms with van der Waals surface area (Å²) in [7, 11) is 0. The fourth-order valence-corrected chi connectivity index (χ4v) is 1.99. The quantitative estimate of drug-likeness (QED) is 0.296. The first-order chi connectivity index (χ1) is 7.00. The normalized spacial score (nSPS) is 16.3. The Labute approximate surface area is 92.6 Å². The van der Waals surface area contributed by atoms with E-state index in [0.29, 0.717) is 18.2 Å². The fourth-order valence-electron chi connectivity index (χ4n) is 1.99. The molecule has 0 amide bonds. The van der Waals surface area contributed by atoms with Gasteiger partial charge in [0.05, 0.1) is 0 Å². The third-order valence-electron chi connectivity index (χ3n) is 2.52.